The number of anilines is 1. The van der Waals surface area contributed by atoms with Crippen LogP contribution in [0.2, 0.25) is 0 Å². The van der Waals surface area contributed by atoms with E-state index >= 15 is 0 Å². The Morgan fingerprint density at radius 1 is 1.17 bits per heavy atom. The number of benzene rings is 1. The molecule has 0 aliphatic rings. The average molecular weight is 250 g/mol. The highest BCUT2D eigenvalue weighted by molar-refractivity contribution is 5.45. The van der Waals surface area contributed by atoms with Crippen molar-refractivity contribution < 1.29 is 5.11 Å². The number of rotatable bonds is 7. The van der Waals surface area contributed by atoms with Crippen molar-refractivity contribution in [3.63, 3.8) is 0 Å². The average Bonchev–Trinajstić information content (AvgIpc) is 2.34. The third kappa shape index (κ3) is 4.67. The molecule has 1 atom stereocenters. The lowest BCUT2D eigenvalue weighted by atomic mass is 10.0. The van der Waals surface area contributed by atoms with Crippen molar-refractivity contribution in [1.29, 1.82) is 0 Å². The van der Waals surface area contributed by atoms with E-state index in [1.54, 1.807) is 0 Å². The molecule has 3 heteroatoms. The minimum absolute atomic E-state index is 0.245. The van der Waals surface area contributed by atoms with Gasteiger partial charge in [0, 0.05) is 39.0 Å². The fourth-order valence-corrected chi connectivity index (χ4v) is 1.97. The van der Waals surface area contributed by atoms with E-state index in [1.807, 2.05) is 14.1 Å². The number of hydrogen-bond donors (Lipinski definition) is 2. The van der Waals surface area contributed by atoms with Gasteiger partial charge in [-0.05, 0) is 30.0 Å². The normalized spacial score (nSPS) is 12.8. The van der Waals surface area contributed by atoms with E-state index in [2.05, 4.69) is 48.3 Å². The van der Waals surface area contributed by atoms with Crippen molar-refractivity contribution >= 4 is 5.69 Å². The highest BCUT2D eigenvalue weighted by atomic mass is 16.3. The highest BCUT2D eigenvalue weighted by Crippen LogP contribution is 2.13. The van der Waals surface area contributed by atoms with E-state index in [0.29, 0.717) is 12.0 Å². The second kappa shape index (κ2) is 7.39. The molecule has 0 heterocycles. The maximum Gasteiger partial charge on any atom is 0.0445 e. The van der Waals surface area contributed by atoms with Gasteiger partial charge < -0.3 is 15.3 Å². The molecule has 0 saturated carbocycles. The van der Waals surface area contributed by atoms with Crippen LogP contribution in [0.4, 0.5) is 5.69 Å². The van der Waals surface area contributed by atoms with Gasteiger partial charge in [0.15, 0.2) is 0 Å². The summed E-state index contributed by atoms with van der Waals surface area (Å²) in [4.78, 5) is 2.10. The topological polar surface area (TPSA) is 35.5 Å². The molecule has 0 amide bonds. The van der Waals surface area contributed by atoms with E-state index in [4.69, 9.17) is 5.11 Å². The van der Waals surface area contributed by atoms with Crippen molar-refractivity contribution in [2.45, 2.75) is 32.9 Å². The van der Waals surface area contributed by atoms with Crippen LogP contribution in [0.1, 0.15) is 25.8 Å². The molecule has 1 aromatic carbocycles. The van der Waals surface area contributed by atoms with E-state index in [9.17, 15) is 0 Å². The first-order valence-corrected chi connectivity index (χ1v) is 6.65. The molecule has 18 heavy (non-hydrogen) atoms. The van der Waals surface area contributed by atoms with Gasteiger partial charge in [-0.2, -0.15) is 0 Å². The van der Waals surface area contributed by atoms with Crippen molar-refractivity contribution in [1.82, 2.24) is 5.32 Å². The molecule has 1 aromatic rings. The minimum Gasteiger partial charge on any atom is -0.396 e. The summed E-state index contributed by atoms with van der Waals surface area (Å²) in [6.45, 7) is 5.47. The van der Waals surface area contributed by atoms with Gasteiger partial charge in [0.2, 0.25) is 0 Å². The molecule has 0 saturated heterocycles. The summed E-state index contributed by atoms with van der Waals surface area (Å²) in [6, 6.07) is 8.95. The predicted molar refractivity (Wildman–Crippen MR) is 77.9 cm³/mol. The molecule has 0 aliphatic carbocycles. The third-order valence-electron chi connectivity index (χ3n) is 3.27. The Hall–Kier alpha value is -1.06. The van der Waals surface area contributed by atoms with Gasteiger partial charge in [0.1, 0.15) is 0 Å². The summed E-state index contributed by atoms with van der Waals surface area (Å²) in [5.41, 5.74) is 2.50. The lowest BCUT2D eigenvalue weighted by molar-refractivity contribution is 0.244. The second-order valence-electron chi connectivity index (χ2n) is 5.30. The molecular weight excluding hydrogens is 224 g/mol. The standard InChI is InChI=1S/C15H26N2O/c1-12(2)15(9-10-18)16-11-13-5-7-14(8-6-13)17(3)4/h5-8,12,15-16,18H,9-11H2,1-4H3. The molecule has 1 unspecified atom stereocenters. The maximum absolute atomic E-state index is 9.03. The molecule has 0 aliphatic heterocycles. The zero-order valence-electron chi connectivity index (χ0n) is 12.0. The van der Waals surface area contributed by atoms with Gasteiger partial charge in [-0.15, -0.1) is 0 Å². The van der Waals surface area contributed by atoms with Crippen LogP contribution in [-0.4, -0.2) is 31.9 Å². The number of nitrogens with zero attached hydrogens (tertiary/aromatic N) is 1. The minimum atomic E-state index is 0.245. The highest BCUT2D eigenvalue weighted by Gasteiger charge is 2.11. The van der Waals surface area contributed by atoms with Crippen molar-refractivity contribution in [3.05, 3.63) is 29.8 Å². The van der Waals surface area contributed by atoms with Crippen LogP contribution in [0, 0.1) is 5.92 Å². The first-order valence-electron chi connectivity index (χ1n) is 6.65. The van der Waals surface area contributed by atoms with Gasteiger partial charge in [-0.25, -0.2) is 0 Å². The molecule has 0 fully saturated rings. The lowest BCUT2D eigenvalue weighted by Crippen LogP contribution is -2.34. The first-order chi connectivity index (χ1) is 8.54. The summed E-state index contributed by atoms with van der Waals surface area (Å²) in [5.74, 6) is 0.540. The van der Waals surface area contributed by atoms with Crippen molar-refractivity contribution in [3.8, 4) is 0 Å². The second-order valence-corrected chi connectivity index (χ2v) is 5.30. The monoisotopic (exact) mass is 250 g/mol. The third-order valence-corrected chi connectivity index (χ3v) is 3.27. The Morgan fingerprint density at radius 2 is 1.78 bits per heavy atom. The SMILES string of the molecule is CC(C)C(CCO)NCc1ccc(N(C)C)cc1. The predicted octanol–water partition coefficient (Wildman–Crippen LogP) is 2.25. The number of aliphatic hydroxyl groups excluding tert-OH is 1. The van der Waals surface area contributed by atoms with E-state index in [0.717, 1.165) is 13.0 Å². The smallest absolute Gasteiger partial charge is 0.0445 e. The summed E-state index contributed by atoms with van der Waals surface area (Å²) in [6.07, 6.45) is 0.813. The molecule has 0 spiro atoms. The molecular formula is C15H26N2O. The van der Waals surface area contributed by atoms with Gasteiger partial charge in [-0.1, -0.05) is 26.0 Å². The van der Waals surface area contributed by atoms with Crippen molar-refractivity contribution in [2.24, 2.45) is 5.92 Å². The zero-order chi connectivity index (χ0) is 13.5. The Bertz CT molecular complexity index is 333. The summed E-state index contributed by atoms with van der Waals surface area (Å²) in [7, 11) is 4.09. The Kier molecular flexibility index (Phi) is 6.16. The fraction of sp³-hybridized carbons (Fsp3) is 0.600. The van der Waals surface area contributed by atoms with Crippen LogP contribution in [0.15, 0.2) is 24.3 Å². The van der Waals surface area contributed by atoms with Crippen LogP contribution in [0.3, 0.4) is 0 Å². The molecule has 0 aromatic heterocycles. The van der Waals surface area contributed by atoms with E-state index < -0.39 is 0 Å². The number of aliphatic hydroxyl groups is 1. The molecule has 3 nitrogen and oxygen atoms in total. The number of hydrogen-bond acceptors (Lipinski definition) is 3. The van der Waals surface area contributed by atoms with Crippen LogP contribution < -0.4 is 10.2 Å². The molecule has 0 radical (unpaired) electrons. The fourth-order valence-electron chi connectivity index (χ4n) is 1.97. The summed E-state index contributed by atoms with van der Waals surface area (Å²) >= 11 is 0. The molecule has 0 bridgehead atoms. The van der Waals surface area contributed by atoms with Crippen LogP contribution in [-0.2, 0) is 6.54 Å². The number of nitrogens with one attached hydrogen (secondary N) is 1. The first kappa shape index (κ1) is 15.0. The maximum atomic E-state index is 9.03. The summed E-state index contributed by atoms with van der Waals surface area (Å²) < 4.78 is 0. The van der Waals surface area contributed by atoms with Crippen LogP contribution >= 0.6 is 0 Å². The van der Waals surface area contributed by atoms with Gasteiger partial charge in [0.05, 0.1) is 0 Å². The Morgan fingerprint density at radius 3 is 2.22 bits per heavy atom. The van der Waals surface area contributed by atoms with Gasteiger partial charge >= 0.3 is 0 Å². The quantitative estimate of drug-likeness (QED) is 0.779. The zero-order valence-corrected chi connectivity index (χ0v) is 12.0. The van der Waals surface area contributed by atoms with Crippen molar-refractivity contribution in [2.75, 3.05) is 25.6 Å². The Labute approximate surface area is 111 Å². The van der Waals surface area contributed by atoms with Gasteiger partial charge in [-0.3, -0.25) is 0 Å². The molecule has 1 rings (SSSR count). The largest absolute Gasteiger partial charge is 0.396 e. The van der Waals surface area contributed by atoms with E-state index in [-0.39, 0.29) is 6.61 Å². The van der Waals surface area contributed by atoms with Crippen LogP contribution in [0.25, 0.3) is 0 Å². The van der Waals surface area contributed by atoms with Crippen LogP contribution in [0.5, 0.6) is 0 Å². The molecule has 2 N–H and O–H groups in total. The van der Waals surface area contributed by atoms with Gasteiger partial charge in [0.25, 0.3) is 0 Å². The Balaban J connectivity index is 2.51. The summed E-state index contributed by atoms with van der Waals surface area (Å²) in [5, 5.41) is 12.5. The lowest BCUT2D eigenvalue weighted by Gasteiger charge is -2.22. The van der Waals surface area contributed by atoms with E-state index in [1.165, 1.54) is 11.3 Å². The molecule has 102 valence electrons.